The summed E-state index contributed by atoms with van der Waals surface area (Å²) in [6, 6.07) is 13.4. The smallest absolute Gasteiger partial charge is 0.341 e. The molecule has 1 aliphatic rings. The second-order valence-corrected chi connectivity index (χ2v) is 8.06. The lowest BCUT2D eigenvalue weighted by Crippen LogP contribution is -2.33. The van der Waals surface area contributed by atoms with Gasteiger partial charge in [-0.1, -0.05) is 24.3 Å². The highest BCUT2D eigenvalue weighted by Gasteiger charge is 2.20. The quantitative estimate of drug-likeness (QED) is 0.576. The number of carbonyl (C=O) groups is 2. The van der Waals surface area contributed by atoms with Crippen molar-refractivity contribution in [3.05, 3.63) is 59.2 Å². The van der Waals surface area contributed by atoms with Crippen LogP contribution in [0, 0.1) is 0 Å². The molecular weight excluding hydrogens is 404 g/mol. The third kappa shape index (κ3) is 6.02. The molecule has 1 aliphatic heterocycles. The largest absolute Gasteiger partial charge is 0.493 e. The number of amides is 1. The fourth-order valence-corrected chi connectivity index (χ4v) is 4.16. The van der Waals surface area contributed by atoms with Crippen LogP contribution in [0.5, 0.6) is 5.75 Å². The van der Waals surface area contributed by atoms with E-state index in [0.29, 0.717) is 24.5 Å². The summed E-state index contributed by atoms with van der Waals surface area (Å²) in [5.41, 5.74) is 3.50. The number of carbonyl (C=O) groups excluding carboxylic acids is 2. The second-order valence-electron chi connectivity index (χ2n) is 8.06. The molecule has 3 rings (SSSR count). The Balaban J connectivity index is 1.69. The lowest BCUT2D eigenvalue weighted by molar-refractivity contribution is -0.121. The average molecular weight is 439 g/mol. The third-order valence-electron chi connectivity index (χ3n) is 5.68. The van der Waals surface area contributed by atoms with Crippen molar-refractivity contribution in [1.82, 2.24) is 5.32 Å². The molecule has 1 heterocycles. The molecule has 0 saturated carbocycles. The molecule has 0 aliphatic carbocycles. The summed E-state index contributed by atoms with van der Waals surface area (Å²) in [6.07, 6.45) is 3.90. The van der Waals surface area contributed by atoms with E-state index in [-0.39, 0.29) is 18.4 Å². The number of hydrogen-bond donors (Lipinski definition) is 1. The molecule has 1 unspecified atom stereocenters. The standard InChI is InChI=1S/C26H34N2O4/c1-4-31-24-17-20(13-14-22(24)26(30)32-5-2)18-25(29)27-19(3)21-11-7-8-12-23(21)28-15-9-6-10-16-28/h7-8,11-14,17,19H,4-6,9-10,15-16,18H2,1-3H3,(H,27,29). The van der Waals surface area contributed by atoms with Gasteiger partial charge in [0.2, 0.25) is 5.91 Å². The van der Waals surface area contributed by atoms with E-state index in [1.807, 2.05) is 19.9 Å². The SMILES string of the molecule is CCOC(=O)c1ccc(CC(=O)NC(C)c2ccccc2N2CCCCC2)cc1OCC. The first-order chi connectivity index (χ1) is 15.5. The Bertz CT molecular complexity index is 922. The van der Waals surface area contributed by atoms with Gasteiger partial charge in [-0.3, -0.25) is 4.79 Å². The van der Waals surface area contributed by atoms with Crippen molar-refractivity contribution in [3.63, 3.8) is 0 Å². The Kier molecular flexibility index (Phi) is 8.54. The summed E-state index contributed by atoms with van der Waals surface area (Å²) < 4.78 is 10.7. The number of nitrogens with zero attached hydrogens (tertiary/aromatic N) is 1. The fourth-order valence-electron chi connectivity index (χ4n) is 4.16. The summed E-state index contributed by atoms with van der Waals surface area (Å²) >= 11 is 0. The zero-order valence-corrected chi connectivity index (χ0v) is 19.4. The molecule has 2 aromatic rings. The van der Waals surface area contributed by atoms with Crippen LogP contribution in [0.4, 0.5) is 5.69 Å². The fraction of sp³-hybridized carbons (Fsp3) is 0.462. The van der Waals surface area contributed by atoms with Crippen molar-refractivity contribution in [2.75, 3.05) is 31.2 Å². The van der Waals surface area contributed by atoms with Crippen LogP contribution in [0.15, 0.2) is 42.5 Å². The van der Waals surface area contributed by atoms with Gasteiger partial charge in [0.15, 0.2) is 0 Å². The van der Waals surface area contributed by atoms with E-state index >= 15 is 0 Å². The van der Waals surface area contributed by atoms with Crippen LogP contribution in [0.25, 0.3) is 0 Å². The maximum Gasteiger partial charge on any atom is 0.341 e. The zero-order valence-electron chi connectivity index (χ0n) is 19.4. The van der Waals surface area contributed by atoms with Gasteiger partial charge in [-0.15, -0.1) is 0 Å². The Morgan fingerprint density at radius 2 is 1.78 bits per heavy atom. The molecule has 6 heteroatoms. The van der Waals surface area contributed by atoms with Crippen molar-refractivity contribution in [1.29, 1.82) is 0 Å². The number of para-hydroxylation sites is 1. The number of piperidine rings is 1. The molecule has 1 amide bonds. The van der Waals surface area contributed by atoms with Crippen LogP contribution in [0.3, 0.4) is 0 Å². The van der Waals surface area contributed by atoms with Gasteiger partial charge in [0, 0.05) is 18.8 Å². The van der Waals surface area contributed by atoms with Crippen LogP contribution in [-0.4, -0.2) is 38.2 Å². The number of esters is 1. The normalized spacial score (nSPS) is 14.5. The third-order valence-corrected chi connectivity index (χ3v) is 5.68. The van der Waals surface area contributed by atoms with Crippen molar-refractivity contribution in [2.24, 2.45) is 0 Å². The molecular formula is C26H34N2O4. The molecule has 1 N–H and O–H groups in total. The van der Waals surface area contributed by atoms with Crippen molar-refractivity contribution >= 4 is 17.6 Å². The van der Waals surface area contributed by atoms with Gasteiger partial charge in [0.1, 0.15) is 11.3 Å². The molecule has 172 valence electrons. The highest BCUT2D eigenvalue weighted by atomic mass is 16.5. The van der Waals surface area contributed by atoms with Crippen LogP contribution in [0.1, 0.15) is 67.6 Å². The van der Waals surface area contributed by atoms with E-state index in [1.54, 1.807) is 25.1 Å². The molecule has 32 heavy (non-hydrogen) atoms. The Morgan fingerprint density at radius 1 is 1.03 bits per heavy atom. The molecule has 1 atom stereocenters. The predicted molar refractivity (Wildman–Crippen MR) is 126 cm³/mol. The number of hydrogen-bond acceptors (Lipinski definition) is 5. The van der Waals surface area contributed by atoms with Crippen LogP contribution >= 0.6 is 0 Å². The highest BCUT2D eigenvalue weighted by Crippen LogP contribution is 2.29. The van der Waals surface area contributed by atoms with Crippen LogP contribution in [0.2, 0.25) is 0 Å². The minimum absolute atomic E-state index is 0.0720. The number of ether oxygens (including phenoxy) is 2. The number of benzene rings is 2. The minimum Gasteiger partial charge on any atom is -0.493 e. The van der Waals surface area contributed by atoms with Gasteiger partial charge >= 0.3 is 5.97 Å². The highest BCUT2D eigenvalue weighted by molar-refractivity contribution is 5.93. The van der Waals surface area contributed by atoms with Crippen LogP contribution in [-0.2, 0) is 16.0 Å². The molecule has 0 spiro atoms. The molecule has 0 radical (unpaired) electrons. The van der Waals surface area contributed by atoms with Gasteiger partial charge in [0.05, 0.1) is 25.7 Å². The van der Waals surface area contributed by atoms with E-state index in [4.69, 9.17) is 9.47 Å². The van der Waals surface area contributed by atoms with E-state index < -0.39 is 5.97 Å². The van der Waals surface area contributed by atoms with Gasteiger partial charge in [-0.05, 0) is 69.4 Å². The summed E-state index contributed by atoms with van der Waals surface area (Å²) in [5, 5.41) is 3.14. The summed E-state index contributed by atoms with van der Waals surface area (Å²) in [6.45, 7) is 8.49. The number of anilines is 1. The Labute approximate surface area is 190 Å². The number of nitrogens with one attached hydrogen (secondary N) is 1. The van der Waals surface area contributed by atoms with Crippen LogP contribution < -0.4 is 15.0 Å². The summed E-state index contributed by atoms with van der Waals surface area (Å²) in [4.78, 5) is 27.4. The lowest BCUT2D eigenvalue weighted by Gasteiger charge is -2.32. The first-order valence-corrected chi connectivity index (χ1v) is 11.6. The monoisotopic (exact) mass is 438 g/mol. The Hall–Kier alpha value is -3.02. The van der Waals surface area contributed by atoms with E-state index in [9.17, 15) is 9.59 Å². The van der Waals surface area contributed by atoms with Crippen molar-refractivity contribution in [2.45, 2.75) is 52.5 Å². The predicted octanol–water partition coefficient (Wildman–Crippen LogP) is 4.67. The van der Waals surface area contributed by atoms with E-state index in [1.165, 1.54) is 24.9 Å². The first kappa shape index (κ1) is 23.6. The second kappa shape index (κ2) is 11.6. The molecule has 6 nitrogen and oxygen atoms in total. The van der Waals surface area contributed by atoms with Gasteiger partial charge in [-0.25, -0.2) is 4.79 Å². The molecule has 2 aromatic carbocycles. The minimum atomic E-state index is -0.421. The maximum absolute atomic E-state index is 12.8. The van der Waals surface area contributed by atoms with Crippen molar-refractivity contribution in [3.8, 4) is 5.75 Å². The molecule has 1 saturated heterocycles. The van der Waals surface area contributed by atoms with Gasteiger partial charge in [-0.2, -0.15) is 0 Å². The molecule has 0 aromatic heterocycles. The van der Waals surface area contributed by atoms with E-state index in [2.05, 4.69) is 28.4 Å². The average Bonchev–Trinajstić information content (AvgIpc) is 2.80. The molecule has 0 bridgehead atoms. The zero-order chi connectivity index (χ0) is 22.9. The van der Waals surface area contributed by atoms with Gasteiger partial charge in [0.25, 0.3) is 0 Å². The summed E-state index contributed by atoms with van der Waals surface area (Å²) in [7, 11) is 0. The topological polar surface area (TPSA) is 67.9 Å². The van der Waals surface area contributed by atoms with Gasteiger partial charge < -0.3 is 19.7 Å². The first-order valence-electron chi connectivity index (χ1n) is 11.6. The number of rotatable bonds is 9. The molecule has 1 fully saturated rings. The summed E-state index contributed by atoms with van der Waals surface area (Å²) in [5.74, 6) is -0.0492. The van der Waals surface area contributed by atoms with E-state index in [0.717, 1.165) is 24.2 Å². The van der Waals surface area contributed by atoms with Crippen molar-refractivity contribution < 1.29 is 19.1 Å². The maximum atomic E-state index is 12.8. The lowest BCUT2D eigenvalue weighted by atomic mass is 10.0. The Morgan fingerprint density at radius 3 is 2.50 bits per heavy atom.